The highest BCUT2D eigenvalue weighted by Gasteiger charge is 2.32. The Labute approximate surface area is 184 Å². The van der Waals surface area contributed by atoms with Crippen LogP contribution in [0.3, 0.4) is 0 Å². The summed E-state index contributed by atoms with van der Waals surface area (Å²) in [6.07, 6.45) is 0. The lowest BCUT2D eigenvalue weighted by Gasteiger charge is -2.14. The average Bonchev–Trinajstić information content (AvgIpc) is 3.14. The molecule has 1 aromatic heterocycles. The molecule has 32 heavy (non-hydrogen) atoms. The molecule has 0 fully saturated rings. The number of hydrogen-bond donors (Lipinski definition) is 0. The van der Waals surface area contributed by atoms with E-state index in [0.29, 0.717) is 22.4 Å². The van der Waals surface area contributed by atoms with Gasteiger partial charge < -0.3 is 4.74 Å². The number of ketones is 1. The van der Waals surface area contributed by atoms with Gasteiger partial charge in [0.1, 0.15) is 0 Å². The Balaban J connectivity index is 1.73. The quantitative estimate of drug-likeness (QED) is 0.255. The molecule has 0 N–H and O–H groups in total. The third-order valence-corrected chi connectivity index (χ3v) is 6.13. The van der Waals surface area contributed by atoms with E-state index in [1.165, 1.54) is 7.11 Å². The lowest BCUT2D eigenvalue weighted by Crippen LogP contribution is -2.02. The number of hydrogen-bond acceptors (Lipinski definition) is 4. The second-order valence-electron chi connectivity index (χ2n) is 7.84. The molecule has 1 aliphatic carbocycles. The van der Waals surface area contributed by atoms with Crippen molar-refractivity contribution in [2.45, 2.75) is 0 Å². The van der Waals surface area contributed by atoms with Crippen molar-refractivity contribution in [2.75, 3.05) is 7.11 Å². The van der Waals surface area contributed by atoms with E-state index in [9.17, 15) is 9.59 Å². The van der Waals surface area contributed by atoms with E-state index in [4.69, 9.17) is 9.72 Å². The van der Waals surface area contributed by atoms with Crippen molar-refractivity contribution in [2.24, 2.45) is 0 Å². The Morgan fingerprint density at radius 1 is 0.750 bits per heavy atom. The van der Waals surface area contributed by atoms with Crippen molar-refractivity contribution >= 4 is 33.4 Å². The highest BCUT2D eigenvalue weighted by molar-refractivity contribution is 6.28. The average molecular weight is 415 g/mol. The number of esters is 1. The molecule has 0 amide bonds. The molecule has 0 aliphatic heterocycles. The van der Waals surface area contributed by atoms with Gasteiger partial charge in [-0.25, -0.2) is 9.78 Å². The molecule has 0 atom stereocenters. The molecule has 1 aliphatic rings. The van der Waals surface area contributed by atoms with Crippen LogP contribution in [0.2, 0.25) is 0 Å². The molecule has 6 rings (SSSR count). The van der Waals surface area contributed by atoms with Gasteiger partial charge in [-0.3, -0.25) is 4.79 Å². The molecule has 152 valence electrons. The van der Waals surface area contributed by atoms with Crippen LogP contribution in [0.25, 0.3) is 44.1 Å². The van der Waals surface area contributed by atoms with E-state index in [1.807, 2.05) is 54.6 Å². The Bertz CT molecular complexity index is 1580. The Hall–Kier alpha value is -4.31. The molecule has 0 bridgehead atoms. The SMILES string of the molecule is COC(=O)c1ccc(-c2c3c(nc4c2ccc2ccccc24)-c2ccccc2C3=O)cc1. The monoisotopic (exact) mass is 415 g/mol. The summed E-state index contributed by atoms with van der Waals surface area (Å²) in [5.74, 6) is -0.416. The first-order valence-corrected chi connectivity index (χ1v) is 10.4. The molecule has 0 unspecified atom stereocenters. The zero-order chi connectivity index (χ0) is 21.8. The third-order valence-electron chi connectivity index (χ3n) is 6.13. The molecule has 4 heteroatoms. The standard InChI is InChI=1S/C28H17NO3/c1-32-28(31)18-12-10-17(11-13-18)23-22-15-14-16-6-2-3-7-19(16)25(22)29-26-20-8-4-5-9-21(20)27(30)24(23)26/h2-15H,1H3. The van der Waals surface area contributed by atoms with Crippen LogP contribution in [0, 0.1) is 0 Å². The number of aromatic nitrogens is 1. The van der Waals surface area contributed by atoms with Crippen LogP contribution in [-0.2, 0) is 4.74 Å². The van der Waals surface area contributed by atoms with E-state index in [1.54, 1.807) is 12.1 Å². The van der Waals surface area contributed by atoms with Crippen molar-refractivity contribution < 1.29 is 14.3 Å². The topological polar surface area (TPSA) is 56.3 Å². The Kier molecular flexibility index (Phi) is 3.95. The van der Waals surface area contributed by atoms with Crippen LogP contribution in [0.1, 0.15) is 26.3 Å². The van der Waals surface area contributed by atoms with Gasteiger partial charge in [0.2, 0.25) is 0 Å². The molecular weight excluding hydrogens is 398 g/mol. The third kappa shape index (κ3) is 2.53. The first-order valence-electron chi connectivity index (χ1n) is 10.4. The van der Waals surface area contributed by atoms with Crippen LogP contribution in [0.4, 0.5) is 0 Å². The van der Waals surface area contributed by atoms with Gasteiger partial charge in [0.25, 0.3) is 0 Å². The summed E-state index contributed by atoms with van der Waals surface area (Å²) >= 11 is 0. The second-order valence-corrected chi connectivity index (χ2v) is 7.84. The maximum Gasteiger partial charge on any atom is 0.337 e. The number of rotatable bonds is 2. The summed E-state index contributed by atoms with van der Waals surface area (Å²) in [4.78, 5) is 30.4. The molecule has 0 radical (unpaired) electrons. The predicted molar refractivity (Wildman–Crippen MR) is 125 cm³/mol. The summed E-state index contributed by atoms with van der Waals surface area (Å²) in [5, 5.41) is 3.04. The Morgan fingerprint density at radius 2 is 1.47 bits per heavy atom. The zero-order valence-corrected chi connectivity index (χ0v) is 17.3. The first kappa shape index (κ1) is 18.5. The number of fused-ring (bicyclic) bond motifs is 6. The van der Waals surface area contributed by atoms with Gasteiger partial charge in [-0.05, 0) is 23.1 Å². The molecule has 1 heterocycles. The van der Waals surface area contributed by atoms with Crippen LogP contribution in [0.15, 0.2) is 84.9 Å². The van der Waals surface area contributed by atoms with Crippen LogP contribution in [0.5, 0.6) is 0 Å². The minimum Gasteiger partial charge on any atom is -0.465 e. The first-order chi connectivity index (χ1) is 15.7. The van der Waals surface area contributed by atoms with Crippen molar-refractivity contribution in [3.05, 3.63) is 102 Å². The minimum atomic E-state index is -0.393. The smallest absolute Gasteiger partial charge is 0.337 e. The van der Waals surface area contributed by atoms with E-state index < -0.39 is 5.97 Å². The van der Waals surface area contributed by atoms with E-state index >= 15 is 0 Å². The number of pyridine rings is 1. The summed E-state index contributed by atoms with van der Waals surface area (Å²) in [7, 11) is 1.36. The van der Waals surface area contributed by atoms with E-state index in [2.05, 4.69) is 18.2 Å². The molecular formula is C28H17NO3. The fourth-order valence-corrected chi connectivity index (χ4v) is 4.63. The van der Waals surface area contributed by atoms with Gasteiger partial charge >= 0.3 is 5.97 Å². The lowest BCUT2D eigenvalue weighted by atomic mass is 9.91. The number of nitrogens with zero attached hydrogens (tertiary/aromatic N) is 1. The predicted octanol–water partition coefficient (Wildman–Crippen LogP) is 6.05. The van der Waals surface area contributed by atoms with Crippen LogP contribution >= 0.6 is 0 Å². The lowest BCUT2D eigenvalue weighted by molar-refractivity contribution is 0.0600. The van der Waals surface area contributed by atoms with Crippen molar-refractivity contribution in [3.63, 3.8) is 0 Å². The van der Waals surface area contributed by atoms with E-state index in [0.717, 1.165) is 38.4 Å². The summed E-state index contributed by atoms with van der Waals surface area (Å²) < 4.78 is 4.83. The number of ether oxygens (including phenoxy) is 1. The highest BCUT2D eigenvalue weighted by atomic mass is 16.5. The number of carbonyl (C=O) groups excluding carboxylic acids is 2. The molecule has 5 aromatic rings. The zero-order valence-electron chi connectivity index (χ0n) is 17.3. The largest absolute Gasteiger partial charge is 0.465 e. The van der Waals surface area contributed by atoms with E-state index in [-0.39, 0.29) is 5.78 Å². The van der Waals surface area contributed by atoms with Gasteiger partial charge in [0.15, 0.2) is 5.78 Å². The summed E-state index contributed by atoms with van der Waals surface area (Å²) in [6.45, 7) is 0. The minimum absolute atomic E-state index is 0.0230. The van der Waals surface area contributed by atoms with Crippen LogP contribution in [-0.4, -0.2) is 23.8 Å². The summed E-state index contributed by atoms with van der Waals surface area (Å²) in [6, 6.07) is 27.0. The number of methoxy groups -OCH3 is 1. The molecule has 0 saturated heterocycles. The molecule has 4 nitrogen and oxygen atoms in total. The van der Waals surface area contributed by atoms with Gasteiger partial charge in [0, 0.05) is 27.5 Å². The Morgan fingerprint density at radius 3 is 2.25 bits per heavy atom. The van der Waals surface area contributed by atoms with Crippen molar-refractivity contribution in [1.82, 2.24) is 4.98 Å². The second kappa shape index (κ2) is 6.86. The fraction of sp³-hybridized carbons (Fsp3) is 0.0357. The molecule has 4 aromatic carbocycles. The normalized spacial score (nSPS) is 12.1. The van der Waals surface area contributed by atoms with Gasteiger partial charge in [-0.2, -0.15) is 0 Å². The van der Waals surface area contributed by atoms with Crippen molar-refractivity contribution in [1.29, 1.82) is 0 Å². The van der Waals surface area contributed by atoms with Crippen LogP contribution < -0.4 is 0 Å². The fourth-order valence-electron chi connectivity index (χ4n) is 4.63. The number of carbonyl (C=O) groups is 2. The van der Waals surface area contributed by atoms with Crippen molar-refractivity contribution in [3.8, 4) is 22.4 Å². The summed E-state index contributed by atoms with van der Waals surface area (Å²) in [5.41, 5.74) is 5.87. The van der Waals surface area contributed by atoms with Gasteiger partial charge in [-0.1, -0.05) is 72.8 Å². The number of benzene rings is 4. The van der Waals surface area contributed by atoms with Gasteiger partial charge in [-0.15, -0.1) is 0 Å². The molecule has 0 spiro atoms. The maximum atomic E-state index is 13.5. The maximum absolute atomic E-state index is 13.5. The highest BCUT2D eigenvalue weighted by Crippen LogP contribution is 2.44. The van der Waals surface area contributed by atoms with Gasteiger partial charge in [0.05, 0.1) is 29.4 Å². The molecule has 0 saturated carbocycles.